The van der Waals surface area contributed by atoms with E-state index < -0.39 is 10.1 Å². The van der Waals surface area contributed by atoms with Crippen molar-refractivity contribution in [3.8, 4) is 11.5 Å². The number of benzene rings is 2. The predicted octanol–water partition coefficient (Wildman–Crippen LogP) is 4.32. The highest BCUT2D eigenvalue weighted by Crippen LogP contribution is 2.27. The number of nitrogens with zero attached hydrogens (tertiary/aromatic N) is 1. The standard InChI is InChI=1S/C21H21NO5S/c1-3-17-10-11-19(13-20(17)27-28(2,23)24)25-14-18-15-26-21(22-18)12-9-16-7-5-4-6-8-16/h4-13,15H,3,14H2,1-2H3/b12-9+. The van der Waals surface area contributed by atoms with E-state index in [-0.39, 0.29) is 12.4 Å². The minimum absolute atomic E-state index is 0.187. The van der Waals surface area contributed by atoms with Crippen molar-refractivity contribution in [2.45, 2.75) is 20.0 Å². The summed E-state index contributed by atoms with van der Waals surface area (Å²) in [6.45, 7) is 2.11. The van der Waals surface area contributed by atoms with Crippen LogP contribution in [0.5, 0.6) is 11.5 Å². The van der Waals surface area contributed by atoms with Crippen molar-refractivity contribution in [1.29, 1.82) is 0 Å². The average Bonchev–Trinajstić information content (AvgIpc) is 3.12. The number of ether oxygens (including phenoxy) is 1. The monoisotopic (exact) mass is 399 g/mol. The van der Waals surface area contributed by atoms with Gasteiger partial charge in [0.15, 0.2) is 0 Å². The zero-order valence-electron chi connectivity index (χ0n) is 15.7. The summed E-state index contributed by atoms with van der Waals surface area (Å²) in [7, 11) is -3.61. The molecule has 3 rings (SSSR count). The highest BCUT2D eigenvalue weighted by atomic mass is 32.2. The van der Waals surface area contributed by atoms with Crippen LogP contribution >= 0.6 is 0 Å². The fourth-order valence-corrected chi connectivity index (χ4v) is 2.99. The molecule has 0 radical (unpaired) electrons. The second-order valence-corrected chi connectivity index (χ2v) is 7.70. The van der Waals surface area contributed by atoms with E-state index in [0.717, 1.165) is 17.4 Å². The number of aromatic nitrogens is 1. The summed E-state index contributed by atoms with van der Waals surface area (Å²) in [5.41, 5.74) is 2.46. The van der Waals surface area contributed by atoms with Crippen molar-refractivity contribution >= 4 is 22.3 Å². The maximum Gasteiger partial charge on any atom is 0.306 e. The molecule has 0 fully saturated rings. The Balaban J connectivity index is 1.65. The Morgan fingerprint density at radius 1 is 1.11 bits per heavy atom. The summed E-state index contributed by atoms with van der Waals surface area (Å²) in [6.07, 6.45) is 6.88. The molecular weight excluding hydrogens is 378 g/mol. The lowest BCUT2D eigenvalue weighted by molar-refractivity contribution is 0.300. The normalized spacial score (nSPS) is 11.6. The molecule has 0 N–H and O–H groups in total. The first kappa shape index (κ1) is 19.7. The van der Waals surface area contributed by atoms with Gasteiger partial charge in [0.25, 0.3) is 0 Å². The highest BCUT2D eigenvalue weighted by Gasteiger charge is 2.11. The van der Waals surface area contributed by atoms with E-state index >= 15 is 0 Å². The van der Waals surface area contributed by atoms with Gasteiger partial charge in [-0.25, -0.2) is 4.98 Å². The molecule has 1 heterocycles. The average molecular weight is 399 g/mol. The first-order valence-electron chi connectivity index (χ1n) is 8.75. The van der Waals surface area contributed by atoms with Crippen LogP contribution in [0, 0.1) is 0 Å². The molecule has 0 spiro atoms. The van der Waals surface area contributed by atoms with Crippen molar-refractivity contribution in [1.82, 2.24) is 4.98 Å². The molecule has 0 saturated carbocycles. The van der Waals surface area contributed by atoms with Gasteiger partial charge >= 0.3 is 10.1 Å². The van der Waals surface area contributed by atoms with Crippen LogP contribution in [0.3, 0.4) is 0 Å². The predicted molar refractivity (Wildman–Crippen MR) is 107 cm³/mol. The van der Waals surface area contributed by atoms with Gasteiger partial charge in [0.05, 0.1) is 6.26 Å². The molecule has 0 unspecified atom stereocenters. The van der Waals surface area contributed by atoms with Crippen LogP contribution < -0.4 is 8.92 Å². The molecular formula is C21H21NO5S. The summed E-state index contributed by atoms with van der Waals surface area (Å²) in [5, 5.41) is 0. The number of oxazole rings is 1. The summed E-state index contributed by atoms with van der Waals surface area (Å²) < 4.78 is 39.0. The summed E-state index contributed by atoms with van der Waals surface area (Å²) >= 11 is 0. The van der Waals surface area contributed by atoms with Gasteiger partial charge in [0, 0.05) is 12.1 Å². The van der Waals surface area contributed by atoms with Crippen LogP contribution in [0.4, 0.5) is 0 Å². The largest absolute Gasteiger partial charge is 0.487 e. The van der Waals surface area contributed by atoms with Gasteiger partial charge in [-0.1, -0.05) is 43.3 Å². The Labute approximate surface area is 164 Å². The Morgan fingerprint density at radius 3 is 2.61 bits per heavy atom. The molecule has 0 aliphatic rings. The summed E-state index contributed by atoms with van der Waals surface area (Å²) in [4.78, 5) is 4.35. The third kappa shape index (κ3) is 5.72. The fourth-order valence-electron chi connectivity index (χ4n) is 2.51. The van der Waals surface area contributed by atoms with Crippen LogP contribution in [0.15, 0.2) is 59.2 Å². The number of hydrogen-bond donors (Lipinski definition) is 0. The van der Waals surface area contributed by atoms with Gasteiger partial charge in [-0.3, -0.25) is 0 Å². The smallest absolute Gasteiger partial charge is 0.306 e. The lowest BCUT2D eigenvalue weighted by Gasteiger charge is -2.11. The maximum atomic E-state index is 11.4. The molecule has 2 aromatic carbocycles. The summed E-state index contributed by atoms with van der Waals surface area (Å²) in [6, 6.07) is 15.0. The van der Waals surface area contributed by atoms with Gasteiger partial charge in [-0.05, 0) is 29.7 Å². The van der Waals surface area contributed by atoms with E-state index in [1.807, 2.05) is 43.3 Å². The second-order valence-electron chi connectivity index (χ2n) is 6.12. The Hall–Kier alpha value is -3.06. The molecule has 0 aliphatic carbocycles. The van der Waals surface area contributed by atoms with E-state index in [2.05, 4.69) is 4.98 Å². The molecule has 0 amide bonds. The van der Waals surface area contributed by atoms with Gasteiger partial charge in [-0.2, -0.15) is 8.42 Å². The van der Waals surface area contributed by atoms with Gasteiger partial charge in [0.1, 0.15) is 30.1 Å². The van der Waals surface area contributed by atoms with Gasteiger partial charge in [0.2, 0.25) is 5.89 Å². The molecule has 146 valence electrons. The first-order valence-corrected chi connectivity index (χ1v) is 10.6. The van der Waals surface area contributed by atoms with Crippen molar-refractivity contribution in [2.75, 3.05) is 6.26 Å². The van der Waals surface area contributed by atoms with E-state index in [9.17, 15) is 8.42 Å². The molecule has 3 aromatic rings. The lowest BCUT2D eigenvalue weighted by atomic mass is 10.1. The van der Waals surface area contributed by atoms with Crippen LogP contribution in [0.2, 0.25) is 0 Å². The van der Waals surface area contributed by atoms with Crippen LogP contribution in [0.1, 0.15) is 29.6 Å². The van der Waals surface area contributed by atoms with Crippen molar-refractivity contribution in [2.24, 2.45) is 0 Å². The van der Waals surface area contributed by atoms with Crippen LogP contribution in [-0.4, -0.2) is 19.7 Å². The Bertz CT molecular complexity index is 1060. The Kier molecular flexibility index (Phi) is 6.16. The minimum atomic E-state index is -3.61. The van der Waals surface area contributed by atoms with E-state index in [4.69, 9.17) is 13.3 Å². The second kappa shape index (κ2) is 8.75. The molecule has 6 nitrogen and oxygen atoms in total. The topological polar surface area (TPSA) is 78.6 Å². The first-order chi connectivity index (χ1) is 13.4. The fraction of sp³-hybridized carbons (Fsp3) is 0.190. The third-order valence-corrected chi connectivity index (χ3v) is 4.32. The minimum Gasteiger partial charge on any atom is -0.487 e. The van der Waals surface area contributed by atoms with Crippen LogP contribution in [0.25, 0.3) is 12.2 Å². The quantitative estimate of drug-likeness (QED) is 0.525. The molecule has 28 heavy (non-hydrogen) atoms. The summed E-state index contributed by atoms with van der Waals surface area (Å²) in [5.74, 6) is 1.24. The van der Waals surface area contributed by atoms with Crippen molar-refractivity contribution in [3.63, 3.8) is 0 Å². The van der Waals surface area contributed by atoms with E-state index in [0.29, 0.717) is 23.8 Å². The van der Waals surface area contributed by atoms with Crippen LogP contribution in [-0.2, 0) is 23.1 Å². The van der Waals surface area contributed by atoms with Gasteiger partial charge < -0.3 is 13.3 Å². The van der Waals surface area contributed by atoms with Crippen molar-refractivity contribution < 1.29 is 21.8 Å². The third-order valence-electron chi connectivity index (χ3n) is 3.83. The Morgan fingerprint density at radius 2 is 1.89 bits per heavy atom. The zero-order valence-corrected chi connectivity index (χ0v) is 16.5. The molecule has 0 atom stereocenters. The molecule has 0 aliphatic heterocycles. The number of rotatable bonds is 8. The SMILES string of the molecule is CCc1ccc(OCc2coc(/C=C/c3ccccc3)n2)cc1OS(C)(=O)=O. The lowest BCUT2D eigenvalue weighted by Crippen LogP contribution is -2.07. The molecule has 0 bridgehead atoms. The van der Waals surface area contributed by atoms with E-state index in [1.165, 1.54) is 6.26 Å². The number of hydrogen-bond acceptors (Lipinski definition) is 6. The zero-order chi connectivity index (χ0) is 20.0. The number of aryl methyl sites for hydroxylation is 1. The highest BCUT2D eigenvalue weighted by molar-refractivity contribution is 7.86. The molecule has 1 aromatic heterocycles. The molecule has 0 saturated heterocycles. The maximum absolute atomic E-state index is 11.4. The van der Waals surface area contributed by atoms with E-state index in [1.54, 1.807) is 24.3 Å². The van der Waals surface area contributed by atoms with Crippen molar-refractivity contribution in [3.05, 3.63) is 77.5 Å². The van der Waals surface area contributed by atoms with Gasteiger partial charge in [-0.15, -0.1) is 0 Å². The molecule has 7 heteroatoms.